The zero-order valence-electron chi connectivity index (χ0n) is 15.9. The van der Waals surface area contributed by atoms with Gasteiger partial charge in [-0.3, -0.25) is 0 Å². The van der Waals surface area contributed by atoms with Gasteiger partial charge in [-0.2, -0.15) is 8.61 Å². The molecule has 0 saturated carbocycles. The first-order valence-corrected chi connectivity index (χ1v) is 11.9. The quantitative estimate of drug-likeness (QED) is 0.655. The summed E-state index contributed by atoms with van der Waals surface area (Å²) in [6.45, 7) is 0.123. The first-order valence-electron chi connectivity index (χ1n) is 8.68. The number of hydrogen-bond acceptors (Lipinski definition) is 6. The van der Waals surface area contributed by atoms with E-state index in [0.29, 0.717) is 10.8 Å². The highest BCUT2D eigenvalue weighted by Crippen LogP contribution is 2.31. The van der Waals surface area contributed by atoms with Gasteiger partial charge in [0.2, 0.25) is 20.0 Å². The Hall–Kier alpha value is -1.85. The SMILES string of the molecule is COc1ccc(OC)c(S(=O)(=O)N2CCN(S(=O)(=O)c3ccc(Cl)cc3)CC2)c1. The van der Waals surface area contributed by atoms with E-state index in [4.69, 9.17) is 21.1 Å². The van der Waals surface area contributed by atoms with E-state index < -0.39 is 20.0 Å². The number of hydrogen-bond donors (Lipinski definition) is 0. The van der Waals surface area contributed by atoms with Crippen molar-refractivity contribution in [2.75, 3.05) is 40.4 Å². The molecule has 2 aromatic carbocycles. The maximum Gasteiger partial charge on any atom is 0.246 e. The van der Waals surface area contributed by atoms with E-state index in [1.165, 1.54) is 59.2 Å². The van der Waals surface area contributed by atoms with E-state index in [9.17, 15) is 16.8 Å². The molecule has 1 saturated heterocycles. The largest absolute Gasteiger partial charge is 0.497 e. The Morgan fingerprint density at radius 1 is 0.793 bits per heavy atom. The summed E-state index contributed by atoms with van der Waals surface area (Å²) in [4.78, 5) is 0.0982. The van der Waals surface area contributed by atoms with Gasteiger partial charge in [0.05, 0.1) is 19.1 Å². The van der Waals surface area contributed by atoms with Gasteiger partial charge in [0.15, 0.2) is 0 Å². The molecular formula is C18H21ClN2O6S2. The third kappa shape index (κ3) is 4.36. The molecule has 1 heterocycles. The molecule has 0 aromatic heterocycles. The number of ether oxygens (including phenoxy) is 2. The van der Waals surface area contributed by atoms with Crippen molar-refractivity contribution in [3.8, 4) is 11.5 Å². The van der Waals surface area contributed by atoms with Crippen LogP contribution in [0.15, 0.2) is 52.3 Å². The first kappa shape index (κ1) is 21.8. The lowest BCUT2D eigenvalue weighted by Crippen LogP contribution is -2.50. The molecule has 0 spiro atoms. The van der Waals surface area contributed by atoms with Gasteiger partial charge in [0.1, 0.15) is 16.4 Å². The monoisotopic (exact) mass is 460 g/mol. The summed E-state index contributed by atoms with van der Waals surface area (Å²) in [6, 6.07) is 10.4. The first-order chi connectivity index (χ1) is 13.7. The summed E-state index contributed by atoms with van der Waals surface area (Å²) in [6.07, 6.45) is 0. The summed E-state index contributed by atoms with van der Waals surface area (Å²) in [5.41, 5.74) is 0. The van der Waals surface area contributed by atoms with Crippen molar-refractivity contribution in [1.82, 2.24) is 8.61 Å². The van der Waals surface area contributed by atoms with Crippen LogP contribution in [0.2, 0.25) is 5.02 Å². The molecule has 8 nitrogen and oxygen atoms in total. The molecular weight excluding hydrogens is 440 g/mol. The molecule has 1 aliphatic rings. The van der Waals surface area contributed by atoms with Gasteiger partial charge in [-0.15, -0.1) is 0 Å². The second-order valence-electron chi connectivity index (χ2n) is 6.28. The highest BCUT2D eigenvalue weighted by molar-refractivity contribution is 7.89. The number of methoxy groups -OCH3 is 2. The molecule has 0 amide bonds. The minimum absolute atomic E-state index is 0.0200. The number of nitrogens with zero attached hydrogens (tertiary/aromatic N) is 2. The Morgan fingerprint density at radius 3 is 1.86 bits per heavy atom. The third-order valence-corrected chi connectivity index (χ3v) is 8.72. The fraction of sp³-hybridized carbons (Fsp3) is 0.333. The van der Waals surface area contributed by atoms with E-state index in [-0.39, 0.29) is 41.7 Å². The lowest BCUT2D eigenvalue weighted by atomic mass is 10.3. The summed E-state index contributed by atoms with van der Waals surface area (Å²) in [7, 11) is -4.79. The van der Waals surface area contributed by atoms with Crippen molar-refractivity contribution in [2.24, 2.45) is 0 Å². The van der Waals surface area contributed by atoms with Crippen LogP contribution in [-0.4, -0.2) is 65.8 Å². The maximum absolute atomic E-state index is 13.1. The smallest absolute Gasteiger partial charge is 0.246 e. The number of halogens is 1. The summed E-state index contributed by atoms with van der Waals surface area (Å²) in [5, 5.41) is 0.437. The van der Waals surface area contributed by atoms with Crippen molar-refractivity contribution in [3.63, 3.8) is 0 Å². The summed E-state index contributed by atoms with van der Waals surface area (Å²) >= 11 is 5.82. The predicted molar refractivity (Wildman–Crippen MR) is 109 cm³/mol. The Labute approximate surface area is 175 Å². The molecule has 0 radical (unpaired) electrons. The minimum atomic E-state index is -3.89. The van der Waals surface area contributed by atoms with Gasteiger partial charge in [-0.05, 0) is 36.4 Å². The molecule has 1 fully saturated rings. The van der Waals surface area contributed by atoms with Gasteiger partial charge in [-0.1, -0.05) is 11.6 Å². The van der Waals surface area contributed by atoms with Crippen LogP contribution in [0, 0.1) is 0 Å². The average Bonchev–Trinajstić information content (AvgIpc) is 2.73. The molecule has 0 aliphatic carbocycles. The summed E-state index contributed by atoms with van der Waals surface area (Å²) in [5.74, 6) is 0.579. The van der Waals surface area contributed by atoms with Crippen LogP contribution >= 0.6 is 11.6 Å². The lowest BCUT2D eigenvalue weighted by molar-refractivity contribution is 0.272. The Balaban J connectivity index is 1.81. The van der Waals surface area contributed by atoms with Gasteiger partial charge < -0.3 is 9.47 Å². The highest BCUT2D eigenvalue weighted by Gasteiger charge is 2.35. The van der Waals surface area contributed by atoms with E-state index in [1.807, 2.05) is 0 Å². The molecule has 11 heteroatoms. The molecule has 2 aromatic rings. The molecule has 0 unspecified atom stereocenters. The molecule has 0 atom stereocenters. The van der Waals surface area contributed by atoms with Crippen LogP contribution in [0.4, 0.5) is 0 Å². The molecule has 0 bridgehead atoms. The van der Waals surface area contributed by atoms with Crippen LogP contribution in [0.1, 0.15) is 0 Å². The molecule has 29 heavy (non-hydrogen) atoms. The standard InChI is InChI=1S/C18H21ClN2O6S2/c1-26-15-5-8-17(27-2)18(13-15)29(24,25)21-11-9-20(10-12-21)28(22,23)16-6-3-14(19)4-7-16/h3-8,13H,9-12H2,1-2H3. The van der Waals surface area contributed by atoms with Crippen LogP contribution in [0.25, 0.3) is 0 Å². The third-order valence-electron chi connectivity index (χ3n) is 4.64. The van der Waals surface area contributed by atoms with Crippen molar-refractivity contribution in [2.45, 2.75) is 9.79 Å². The van der Waals surface area contributed by atoms with Crippen LogP contribution in [0.5, 0.6) is 11.5 Å². The van der Waals surface area contributed by atoms with Gasteiger partial charge >= 0.3 is 0 Å². The minimum Gasteiger partial charge on any atom is -0.497 e. The Bertz CT molecular complexity index is 1080. The normalized spacial score (nSPS) is 16.5. The van der Waals surface area contributed by atoms with E-state index in [1.54, 1.807) is 6.07 Å². The fourth-order valence-corrected chi connectivity index (χ4v) is 6.17. The number of sulfonamides is 2. The second kappa shape index (κ2) is 8.49. The topological polar surface area (TPSA) is 93.2 Å². The maximum atomic E-state index is 13.1. The fourth-order valence-electron chi connectivity index (χ4n) is 3.03. The van der Waals surface area contributed by atoms with E-state index >= 15 is 0 Å². The average molecular weight is 461 g/mol. The second-order valence-corrected chi connectivity index (χ2v) is 10.6. The Kier molecular flexibility index (Phi) is 6.39. The van der Waals surface area contributed by atoms with E-state index in [2.05, 4.69) is 0 Å². The van der Waals surface area contributed by atoms with Crippen molar-refractivity contribution in [3.05, 3.63) is 47.5 Å². The van der Waals surface area contributed by atoms with Crippen LogP contribution in [-0.2, 0) is 20.0 Å². The van der Waals surface area contributed by atoms with E-state index in [0.717, 1.165) is 0 Å². The summed E-state index contributed by atoms with van der Waals surface area (Å²) < 4.78 is 64.6. The molecule has 0 N–H and O–H groups in total. The van der Waals surface area contributed by atoms with Gasteiger partial charge in [0.25, 0.3) is 0 Å². The van der Waals surface area contributed by atoms with Gasteiger partial charge in [-0.25, -0.2) is 16.8 Å². The number of benzene rings is 2. The van der Waals surface area contributed by atoms with Crippen LogP contribution in [0.3, 0.4) is 0 Å². The van der Waals surface area contributed by atoms with Crippen molar-refractivity contribution < 1.29 is 26.3 Å². The molecule has 158 valence electrons. The number of rotatable bonds is 6. The van der Waals surface area contributed by atoms with Crippen LogP contribution < -0.4 is 9.47 Å². The molecule has 1 aliphatic heterocycles. The number of piperazine rings is 1. The Morgan fingerprint density at radius 2 is 1.34 bits per heavy atom. The zero-order valence-corrected chi connectivity index (χ0v) is 18.3. The van der Waals surface area contributed by atoms with Crippen molar-refractivity contribution in [1.29, 1.82) is 0 Å². The lowest BCUT2D eigenvalue weighted by Gasteiger charge is -2.33. The molecule has 3 rings (SSSR count). The van der Waals surface area contributed by atoms with Gasteiger partial charge in [0, 0.05) is 37.3 Å². The predicted octanol–water partition coefficient (Wildman–Crippen LogP) is 2.05. The zero-order chi connectivity index (χ0) is 21.2. The van der Waals surface area contributed by atoms with Crippen molar-refractivity contribution >= 4 is 31.6 Å². The highest BCUT2D eigenvalue weighted by atomic mass is 35.5.